The fourth-order valence-corrected chi connectivity index (χ4v) is 3.34. The Hall–Kier alpha value is -1.49. The van der Waals surface area contributed by atoms with Crippen LogP contribution in [-0.2, 0) is 23.7 Å². The van der Waals surface area contributed by atoms with Crippen molar-refractivity contribution >= 4 is 5.97 Å². The van der Waals surface area contributed by atoms with E-state index in [0.717, 1.165) is 0 Å². The topological polar surface area (TPSA) is 135 Å². The molecule has 0 aromatic heterocycles. The van der Waals surface area contributed by atoms with Gasteiger partial charge in [-0.25, -0.2) is 4.79 Å². The van der Waals surface area contributed by atoms with Gasteiger partial charge in [-0.05, 0) is 6.42 Å². The first kappa shape index (κ1) is 18.3. The van der Waals surface area contributed by atoms with Crippen LogP contribution in [0.5, 0.6) is 0 Å². The lowest BCUT2D eigenvalue weighted by atomic mass is 9.81. The van der Waals surface area contributed by atoms with Crippen molar-refractivity contribution in [3.63, 3.8) is 0 Å². The summed E-state index contributed by atoms with van der Waals surface area (Å²) in [6.45, 7) is 3.47. The Bertz CT molecular complexity index is 546. The summed E-state index contributed by atoms with van der Waals surface area (Å²) in [5, 5.41) is 38.9. The molecule has 9 nitrogen and oxygen atoms in total. The van der Waals surface area contributed by atoms with E-state index in [1.807, 2.05) is 0 Å². The third kappa shape index (κ3) is 3.31. The smallest absolute Gasteiger partial charge is 0.337 e. The first-order valence-electron chi connectivity index (χ1n) is 8.09. The monoisotopic (exact) mass is 358 g/mol. The maximum absolute atomic E-state index is 11.8. The van der Waals surface area contributed by atoms with E-state index in [2.05, 4.69) is 6.58 Å². The van der Waals surface area contributed by atoms with E-state index in [1.165, 1.54) is 6.26 Å². The van der Waals surface area contributed by atoms with Crippen molar-refractivity contribution < 1.29 is 44.2 Å². The molecule has 0 unspecified atom stereocenters. The van der Waals surface area contributed by atoms with Crippen LogP contribution < -0.4 is 0 Å². The van der Waals surface area contributed by atoms with Crippen LogP contribution in [-0.4, -0.2) is 76.6 Å². The van der Waals surface area contributed by atoms with Gasteiger partial charge in [-0.3, -0.25) is 0 Å². The molecule has 0 aromatic carbocycles. The second-order valence-electron chi connectivity index (χ2n) is 6.26. The quantitative estimate of drug-likeness (QED) is 0.346. The Balaban J connectivity index is 1.75. The van der Waals surface area contributed by atoms with Crippen molar-refractivity contribution in [1.82, 2.24) is 0 Å². The van der Waals surface area contributed by atoms with Crippen LogP contribution in [0.3, 0.4) is 0 Å². The molecule has 0 spiro atoms. The number of carbonyl (C=O) groups excluding carboxylic acids is 1. The lowest BCUT2D eigenvalue weighted by Gasteiger charge is -2.43. The van der Waals surface area contributed by atoms with Gasteiger partial charge in [0.2, 0.25) is 6.29 Å². The molecule has 0 aromatic rings. The third-order valence-electron chi connectivity index (χ3n) is 4.79. The van der Waals surface area contributed by atoms with Crippen molar-refractivity contribution in [3.8, 4) is 0 Å². The van der Waals surface area contributed by atoms with E-state index in [1.54, 1.807) is 6.08 Å². The number of esters is 1. The normalized spacial score (nSPS) is 44.2. The highest BCUT2D eigenvalue weighted by atomic mass is 16.8. The molecule has 8 atom stereocenters. The summed E-state index contributed by atoms with van der Waals surface area (Å²) < 4.78 is 21.4. The minimum atomic E-state index is -1.54. The van der Waals surface area contributed by atoms with Crippen LogP contribution in [0.4, 0.5) is 0 Å². The van der Waals surface area contributed by atoms with Gasteiger partial charge in [0, 0.05) is 11.8 Å². The van der Waals surface area contributed by atoms with E-state index in [0.29, 0.717) is 12.0 Å². The Labute approximate surface area is 144 Å². The first-order valence-corrected chi connectivity index (χ1v) is 8.09. The number of cyclic esters (lactones) is 1. The second kappa shape index (κ2) is 7.40. The molecule has 3 rings (SSSR count). The zero-order valence-corrected chi connectivity index (χ0v) is 13.4. The molecule has 0 amide bonds. The summed E-state index contributed by atoms with van der Waals surface area (Å²) in [4.78, 5) is 11.8. The van der Waals surface area contributed by atoms with Crippen LogP contribution in [0.2, 0.25) is 0 Å². The van der Waals surface area contributed by atoms with Crippen LogP contribution in [0, 0.1) is 11.8 Å². The number of hydrogen-bond donors (Lipinski definition) is 4. The zero-order valence-electron chi connectivity index (χ0n) is 13.4. The molecule has 0 saturated carbocycles. The minimum Gasteiger partial charge on any atom is -0.471 e. The van der Waals surface area contributed by atoms with Crippen molar-refractivity contribution in [3.05, 3.63) is 24.5 Å². The van der Waals surface area contributed by atoms with Crippen LogP contribution in [0.1, 0.15) is 6.42 Å². The highest BCUT2D eigenvalue weighted by Gasteiger charge is 2.48. The Morgan fingerprint density at radius 3 is 2.68 bits per heavy atom. The molecule has 9 heteroatoms. The Morgan fingerprint density at radius 1 is 1.24 bits per heavy atom. The number of aliphatic hydroxyl groups is 4. The van der Waals surface area contributed by atoms with Gasteiger partial charge in [-0.2, -0.15) is 0 Å². The van der Waals surface area contributed by atoms with Crippen LogP contribution in [0.15, 0.2) is 24.5 Å². The molecular weight excluding hydrogens is 336 g/mol. The average molecular weight is 358 g/mol. The fraction of sp³-hybridized carbons (Fsp3) is 0.688. The molecule has 2 fully saturated rings. The summed E-state index contributed by atoms with van der Waals surface area (Å²) >= 11 is 0. The summed E-state index contributed by atoms with van der Waals surface area (Å²) in [6.07, 6.45) is -4.44. The molecule has 0 bridgehead atoms. The SMILES string of the molecule is C=C[C@@H]1[C@@H](O[C@@H]2O[C@H](CO)[C@@H](O)[C@H](O)[C@H]2O)OC=C2C(=O)OCC[C@@H]21. The number of fused-ring (bicyclic) bond motifs is 1. The Morgan fingerprint density at radius 2 is 2.00 bits per heavy atom. The van der Waals surface area contributed by atoms with Crippen molar-refractivity contribution in [2.75, 3.05) is 13.2 Å². The summed E-state index contributed by atoms with van der Waals surface area (Å²) in [7, 11) is 0. The number of ether oxygens (including phenoxy) is 4. The molecule has 0 aliphatic carbocycles. The number of carbonyl (C=O) groups is 1. The van der Waals surface area contributed by atoms with Gasteiger partial charge in [0.05, 0.1) is 25.0 Å². The fourth-order valence-electron chi connectivity index (χ4n) is 3.34. The van der Waals surface area contributed by atoms with Crippen LogP contribution in [0.25, 0.3) is 0 Å². The molecular formula is C16H22O9. The van der Waals surface area contributed by atoms with Gasteiger partial charge in [0.25, 0.3) is 0 Å². The molecule has 3 heterocycles. The van der Waals surface area contributed by atoms with Gasteiger partial charge < -0.3 is 39.4 Å². The third-order valence-corrected chi connectivity index (χ3v) is 4.79. The highest BCUT2D eigenvalue weighted by Crippen LogP contribution is 2.38. The van der Waals surface area contributed by atoms with Gasteiger partial charge in [-0.1, -0.05) is 6.08 Å². The molecule has 3 aliphatic heterocycles. The Kier molecular flexibility index (Phi) is 5.42. The maximum Gasteiger partial charge on any atom is 0.337 e. The van der Waals surface area contributed by atoms with Crippen molar-refractivity contribution in [2.24, 2.45) is 11.8 Å². The number of rotatable bonds is 4. The van der Waals surface area contributed by atoms with Gasteiger partial charge in [0.1, 0.15) is 24.4 Å². The number of aliphatic hydroxyl groups excluding tert-OH is 4. The van der Waals surface area contributed by atoms with Crippen LogP contribution >= 0.6 is 0 Å². The lowest BCUT2D eigenvalue weighted by Crippen LogP contribution is -2.60. The van der Waals surface area contributed by atoms with E-state index in [-0.39, 0.29) is 12.5 Å². The molecule has 25 heavy (non-hydrogen) atoms. The lowest BCUT2D eigenvalue weighted by molar-refractivity contribution is -0.339. The minimum absolute atomic E-state index is 0.206. The van der Waals surface area contributed by atoms with E-state index >= 15 is 0 Å². The molecule has 0 radical (unpaired) electrons. The number of hydrogen-bond acceptors (Lipinski definition) is 9. The molecule has 4 N–H and O–H groups in total. The first-order chi connectivity index (χ1) is 12.0. The van der Waals surface area contributed by atoms with E-state index < -0.39 is 55.5 Å². The van der Waals surface area contributed by atoms with E-state index in [4.69, 9.17) is 18.9 Å². The predicted octanol–water partition coefficient (Wildman–Crippen LogP) is -1.59. The summed E-state index contributed by atoms with van der Waals surface area (Å²) in [5.74, 6) is -1.06. The summed E-state index contributed by atoms with van der Waals surface area (Å²) in [5.41, 5.74) is 0.393. The molecule has 140 valence electrons. The molecule has 2 saturated heterocycles. The molecule has 3 aliphatic rings. The zero-order chi connectivity index (χ0) is 18.1. The maximum atomic E-state index is 11.8. The second-order valence-corrected chi connectivity index (χ2v) is 6.26. The largest absolute Gasteiger partial charge is 0.471 e. The standard InChI is InChI=1S/C16H22O9/c1-2-7-8-3-4-22-14(21)9(8)6-23-15(7)25-16-13(20)12(19)11(18)10(5-17)24-16/h2,6-8,10-13,15-20H,1,3-5H2/t7-,8+,10+,11+,12-,13+,15+,16-/m0/s1. The van der Waals surface area contributed by atoms with Gasteiger partial charge >= 0.3 is 5.97 Å². The van der Waals surface area contributed by atoms with Crippen molar-refractivity contribution in [1.29, 1.82) is 0 Å². The summed E-state index contributed by atoms with van der Waals surface area (Å²) in [6, 6.07) is 0. The average Bonchev–Trinajstić information content (AvgIpc) is 2.62. The predicted molar refractivity (Wildman–Crippen MR) is 80.6 cm³/mol. The van der Waals surface area contributed by atoms with Crippen molar-refractivity contribution in [2.45, 2.75) is 43.4 Å². The van der Waals surface area contributed by atoms with E-state index in [9.17, 15) is 25.2 Å². The van der Waals surface area contributed by atoms with Gasteiger partial charge in [-0.15, -0.1) is 6.58 Å². The highest BCUT2D eigenvalue weighted by molar-refractivity contribution is 5.89. The van der Waals surface area contributed by atoms with Gasteiger partial charge in [0.15, 0.2) is 6.29 Å².